The van der Waals surface area contributed by atoms with E-state index >= 15 is 0 Å². The molecule has 2 aliphatic rings. The summed E-state index contributed by atoms with van der Waals surface area (Å²) >= 11 is 0. The van der Waals surface area contributed by atoms with Gasteiger partial charge in [-0.25, -0.2) is 0 Å². The smallest absolute Gasteiger partial charge is 0.236 e. The first-order chi connectivity index (χ1) is 10.9. The molecule has 134 valence electrons. The van der Waals surface area contributed by atoms with Crippen LogP contribution in [0.15, 0.2) is 0 Å². The van der Waals surface area contributed by atoms with Crippen molar-refractivity contribution >= 4 is 5.91 Å². The van der Waals surface area contributed by atoms with Gasteiger partial charge in [0, 0.05) is 39.7 Å². The summed E-state index contributed by atoms with van der Waals surface area (Å²) in [6.07, 6.45) is -1.13. The van der Waals surface area contributed by atoms with E-state index in [-0.39, 0.29) is 31.4 Å². The van der Waals surface area contributed by atoms with Gasteiger partial charge >= 0.3 is 0 Å². The fourth-order valence-electron chi connectivity index (χ4n) is 3.20. The SMILES string of the molecule is COC1OC(CO)C(C)CC1(O)NC(=O)CN1CCN(C)CC1. The zero-order chi connectivity index (χ0) is 17.0. The highest BCUT2D eigenvalue weighted by Crippen LogP contribution is 2.31. The van der Waals surface area contributed by atoms with Crippen LogP contribution in [0.25, 0.3) is 0 Å². The molecule has 23 heavy (non-hydrogen) atoms. The van der Waals surface area contributed by atoms with E-state index in [1.165, 1.54) is 7.11 Å². The molecule has 1 amide bonds. The Balaban J connectivity index is 1.92. The van der Waals surface area contributed by atoms with Crippen molar-refractivity contribution in [2.24, 2.45) is 5.92 Å². The van der Waals surface area contributed by atoms with Gasteiger partial charge in [-0.3, -0.25) is 9.69 Å². The molecule has 0 bridgehead atoms. The minimum atomic E-state index is -1.58. The van der Waals surface area contributed by atoms with Crippen molar-refractivity contribution < 1.29 is 24.5 Å². The molecular formula is C15H29N3O5. The lowest BCUT2D eigenvalue weighted by Crippen LogP contribution is -2.65. The highest BCUT2D eigenvalue weighted by Gasteiger charge is 2.48. The summed E-state index contributed by atoms with van der Waals surface area (Å²) < 4.78 is 10.7. The van der Waals surface area contributed by atoms with E-state index in [9.17, 15) is 15.0 Å². The summed E-state index contributed by atoms with van der Waals surface area (Å²) in [5, 5.41) is 22.7. The zero-order valence-electron chi connectivity index (χ0n) is 14.2. The molecule has 0 spiro atoms. The van der Waals surface area contributed by atoms with Crippen LogP contribution in [0.5, 0.6) is 0 Å². The number of hydrogen-bond acceptors (Lipinski definition) is 7. The van der Waals surface area contributed by atoms with Gasteiger partial charge in [0.25, 0.3) is 0 Å². The molecule has 4 unspecified atom stereocenters. The van der Waals surface area contributed by atoms with Crippen molar-refractivity contribution in [3.63, 3.8) is 0 Å². The molecule has 2 heterocycles. The van der Waals surface area contributed by atoms with Gasteiger partial charge in [0.15, 0.2) is 5.72 Å². The van der Waals surface area contributed by atoms with Crippen molar-refractivity contribution in [2.45, 2.75) is 31.5 Å². The number of amides is 1. The van der Waals surface area contributed by atoms with E-state index in [1.807, 2.05) is 6.92 Å². The Morgan fingerprint density at radius 3 is 2.61 bits per heavy atom. The summed E-state index contributed by atoms with van der Waals surface area (Å²) in [6, 6.07) is 0. The predicted octanol–water partition coefficient (Wildman–Crippen LogP) is -1.57. The first-order valence-corrected chi connectivity index (χ1v) is 8.11. The minimum absolute atomic E-state index is 0.0969. The Morgan fingerprint density at radius 2 is 2.04 bits per heavy atom. The van der Waals surface area contributed by atoms with Crippen LogP contribution in [0.3, 0.4) is 0 Å². The van der Waals surface area contributed by atoms with E-state index in [0.29, 0.717) is 0 Å². The van der Waals surface area contributed by atoms with Crippen molar-refractivity contribution in [2.75, 3.05) is 53.5 Å². The molecule has 2 fully saturated rings. The lowest BCUT2D eigenvalue weighted by molar-refractivity contribution is -0.297. The van der Waals surface area contributed by atoms with Gasteiger partial charge in [0.05, 0.1) is 19.3 Å². The van der Waals surface area contributed by atoms with Gasteiger partial charge in [0.2, 0.25) is 12.2 Å². The van der Waals surface area contributed by atoms with E-state index in [1.54, 1.807) is 0 Å². The number of hydrogen-bond donors (Lipinski definition) is 3. The van der Waals surface area contributed by atoms with Gasteiger partial charge in [-0.2, -0.15) is 0 Å². The molecule has 0 aromatic rings. The van der Waals surface area contributed by atoms with Gasteiger partial charge in [-0.1, -0.05) is 6.92 Å². The van der Waals surface area contributed by atoms with Crippen LogP contribution >= 0.6 is 0 Å². The Hall–Kier alpha value is -0.770. The number of nitrogens with one attached hydrogen (secondary N) is 1. The van der Waals surface area contributed by atoms with Crippen molar-refractivity contribution in [3.05, 3.63) is 0 Å². The van der Waals surface area contributed by atoms with Crippen LogP contribution in [-0.2, 0) is 14.3 Å². The predicted molar refractivity (Wildman–Crippen MR) is 83.6 cm³/mol. The standard InChI is InChI=1S/C15H29N3O5/c1-11-8-15(21,14(22-3)23-12(11)10-19)16-13(20)9-18-6-4-17(2)5-7-18/h11-12,14,19,21H,4-10H2,1-3H3,(H,16,20). The molecule has 0 saturated carbocycles. The maximum atomic E-state index is 12.3. The topological polar surface area (TPSA) is 94.5 Å². The third kappa shape index (κ3) is 4.62. The number of nitrogens with zero attached hydrogens (tertiary/aromatic N) is 2. The normalized spacial score (nSPS) is 36.8. The number of carbonyl (C=O) groups excluding carboxylic acids is 1. The van der Waals surface area contributed by atoms with Gasteiger partial charge in [-0.05, 0) is 13.0 Å². The van der Waals surface area contributed by atoms with E-state index in [0.717, 1.165) is 26.2 Å². The van der Waals surface area contributed by atoms with Crippen LogP contribution in [0.1, 0.15) is 13.3 Å². The molecule has 0 aromatic heterocycles. The number of aliphatic hydroxyl groups excluding tert-OH is 1. The number of carbonyl (C=O) groups is 1. The molecule has 0 aromatic carbocycles. The van der Waals surface area contributed by atoms with Gasteiger partial charge in [-0.15, -0.1) is 0 Å². The Morgan fingerprint density at radius 1 is 1.39 bits per heavy atom. The second kappa shape index (κ2) is 7.87. The fraction of sp³-hybridized carbons (Fsp3) is 0.933. The lowest BCUT2D eigenvalue weighted by Gasteiger charge is -2.45. The summed E-state index contributed by atoms with van der Waals surface area (Å²) in [6.45, 7) is 5.47. The maximum Gasteiger partial charge on any atom is 0.236 e. The highest BCUT2D eigenvalue weighted by molar-refractivity contribution is 5.78. The Labute approximate surface area is 137 Å². The second-order valence-corrected chi connectivity index (χ2v) is 6.66. The molecule has 0 radical (unpaired) electrons. The van der Waals surface area contributed by atoms with E-state index in [4.69, 9.17) is 9.47 Å². The lowest BCUT2D eigenvalue weighted by atomic mass is 9.90. The van der Waals surface area contributed by atoms with Crippen LogP contribution in [-0.4, -0.2) is 97.5 Å². The molecule has 8 heteroatoms. The molecule has 3 N–H and O–H groups in total. The Bertz CT molecular complexity index is 403. The van der Waals surface area contributed by atoms with Crippen molar-refractivity contribution in [3.8, 4) is 0 Å². The molecule has 2 aliphatic heterocycles. The molecule has 8 nitrogen and oxygen atoms in total. The third-order valence-corrected chi connectivity index (χ3v) is 4.67. The number of ether oxygens (including phenoxy) is 2. The Kier molecular flexibility index (Phi) is 6.35. The highest BCUT2D eigenvalue weighted by atomic mass is 16.7. The summed E-state index contributed by atoms with van der Waals surface area (Å²) in [5.74, 6) is -0.349. The van der Waals surface area contributed by atoms with Crippen molar-refractivity contribution in [1.29, 1.82) is 0 Å². The van der Waals surface area contributed by atoms with Crippen LogP contribution in [0.2, 0.25) is 0 Å². The van der Waals surface area contributed by atoms with Crippen LogP contribution in [0.4, 0.5) is 0 Å². The first kappa shape index (κ1) is 18.6. The van der Waals surface area contributed by atoms with Gasteiger partial charge in [0.1, 0.15) is 0 Å². The fourth-order valence-corrected chi connectivity index (χ4v) is 3.20. The third-order valence-electron chi connectivity index (χ3n) is 4.67. The second-order valence-electron chi connectivity index (χ2n) is 6.66. The maximum absolute atomic E-state index is 12.3. The minimum Gasteiger partial charge on any atom is -0.394 e. The first-order valence-electron chi connectivity index (χ1n) is 8.11. The number of rotatable bonds is 5. The number of methoxy groups -OCH3 is 1. The average Bonchev–Trinajstić information content (AvgIpc) is 2.49. The van der Waals surface area contributed by atoms with Gasteiger partial charge < -0.3 is 29.9 Å². The van der Waals surface area contributed by atoms with Crippen LogP contribution < -0.4 is 5.32 Å². The number of aliphatic hydroxyl groups is 2. The molecule has 2 saturated heterocycles. The number of likely N-dealkylation sites (N-methyl/N-ethyl adjacent to an activating group) is 1. The summed E-state index contributed by atoms with van der Waals surface area (Å²) in [7, 11) is 3.47. The van der Waals surface area contributed by atoms with E-state index in [2.05, 4.69) is 22.2 Å². The zero-order valence-corrected chi connectivity index (χ0v) is 14.2. The molecule has 2 rings (SSSR count). The molecule has 4 atom stereocenters. The van der Waals surface area contributed by atoms with E-state index < -0.39 is 18.1 Å². The monoisotopic (exact) mass is 331 g/mol. The summed E-state index contributed by atoms with van der Waals surface area (Å²) in [4.78, 5) is 16.6. The molecular weight excluding hydrogens is 302 g/mol. The number of piperazine rings is 1. The average molecular weight is 331 g/mol. The quantitative estimate of drug-likeness (QED) is 0.524. The molecule has 0 aliphatic carbocycles. The van der Waals surface area contributed by atoms with Crippen LogP contribution in [0, 0.1) is 5.92 Å². The summed E-state index contributed by atoms with van der Waals surface area (Å²) in [5.41, 5.74) is -1.58. The largest absolute Gasteiger partial charge is 0.394 e. The van der Waals surface area contributed by atoms with Crippen molar-refractivity contribution in [1.82, 2.24) is 15.1 Å².